The van der Waals surface area contributed by atoms with Crippen LogP contribution in [0.4, 0.5) is 10.1 Å². The Morgan fingerprint density at radius 2 is 1.90 bits per heavy atom. The van der Waals surface area contributed by atoms with Crippen LogP contribution in [0.5, 0.6) is 0 Å². The van der Waals surface area contributed by atoms with E-state index in [1.165, 1.54) is 0 Å². The van der Waals surface area contributed by atoms with Gasteiger partial charge in [-0.05, 0) is 58.4 Å². The normalized spacial score (nSPS) is 12.6. The van der Waals surface area contributed by atoms with E-state index in [4.69, 9.17) is 9.15 Å². The summed E-state index contributed by atoms with van der Waals surface area (Å²) < 4.78 is 25.1. The van der Waals surface area contributed by atoms with Crippen LogP contribution in [0.1, 0.15) is 55.2 Å². The molecule has 0 aliphatic carbocycles. The minimum atomic E-state index is -0.893. The molecule has 2 aromatic carbocycles. The third-order valence-electron chi connectivity index (χ3n) is 4.45. The Morgan fingerprint density at radius 1 is 1.23 bits per heavy atom. The molecule has 1 N–H and O–H groups in total. The molecular formula is C23H23FINO4. The minimum Gasteiger partial charge on any atom is -0.456 e. The number of fused-ring (bicyclic) bond motifs is 1. The summed E-state index contributed by atoms with van der Waals surface area (Å²) in [5.74, 6) is -1.33. The Morgan fingerprint density at radius 3 is 2.57 bits per heavy atom. The number of para-hydroxylation sites is 1. The molecule has 0 bridgehead atoms. The molecule has 7 heteroatoms. The van der Waals surface area contributed by atoms with Gasteiger partial charge in [0.05, 0.1) is 17.0 Å². The van der Waals surface area contributed by atoms with Gasteiger partial charge in [0.1, 0.15) is 11.2 Å². The highest BCUT2D eigenvalue weighted by Crippen LogP contribution is 2.30. The highest BCUT2D eigenvalue weighted by atomic mass is 127. The minimum absolute atomic E-state index is 0.0865. The average molecular weight is 523 g/mol. The van der Waals surface area contributed by atoms with Crippen LogP contribution in [0.2, 0.25) is 0 Å². The molecule has 1 aromatic heterocycles. The number of carbonyl (C=O) groups is 1. The maximum Gasteiger partial charge on any atom is 0.340 e. The van der Waals surface area contributed by atoms with Gasteiger partial charge >= 0.3 is 5.97 Å². The van der Waals surface area contributed by atoms with Crippen molar-refractivity contribution in [3.8, 4) is 0 Å². The average Bonchev–Trinajstić information content (AvgIpc) is 2.65. The van der Waals surface area contributed by atoms with Gasteiger partial charge < -0.3 is 14.5 Å². The number of carbonyl (C=O) groups excluding carboxylic acids is 1. The van der Waals surface area contributed by atoms with Crippen molar-refractivity contribution in [1.82, 2.24) is 0 Å². The lowest BCUT2D eigenvalue weighted by Crippen LogP contribution is -2.24. The van der Waals surface area contributed by atoms with E-state index in [9.17, 15) is 14.0 Å². The molecule has 0 aliphatic heterocycles. The van der Waals surface area contributed by atoms with Gasteiger partial charge in [0.2, 0.25) is 15.0 Å². The fourth-order valence-electron chi connectivity index (χ4n) is 3.18. The lowest BCUT2D eigenvalue weighted by atomic mass is 10.0. The number of rotatable bonds is 4. The van der Waals surface area contributed by atoms with Crippen LogP contribution < -0.4 is 10.7 Å². The van der Waals surface area contributed by atoms with Crippen LogP contribution in [0.15, 0.2) is 45.6 Å². The number of hydrogen-bond donors (Lipinski definition) is 1. The quantitative estimate of drug-likeness (QED) is 0.337. The Kier molecular flexibility index (Phi) is 6.21. The van der Waals surface area contributed by atoms with Gasteiger partial charge in [-0.3, -0.25) is 4.79 Å². The van der Waals surface area contributed by atoms with Crippen molar-refractivity contribution < 1.29 is 18.3 Å². The van der Waals surface area contributed by atoms with Crippen LogP contribution in [-0.4, -0.2) is 11.6 Å². The molecule has 1 atom stereocenters. The van der Waals surface area contributed by atoms with E-state index in [1.54, 1.807) is 46.9 Å². The van der Waals surface area contributed by atoms with E-state index < -0.39 is 22.8 Å². The van der Waals surface area contributed by atoms with Crippen molar-refractivity contribution in [3.63, 3.8) is 0 Å². The summed E-state index contributed by atoms with van der Waals surface area (Å²) in [6, 6.07) is 10.2. The molecule has 0 radical (unpaired) electrons. The summed E-state index contributed by atoms with van der Waals surface area (Å²) >= 11 is 1.67. The molecule has 0 saturated heterocycles. The topological polar surface area (TPSA) is 68.5 Å². The third-order valence-corrected chi connectivity index (χ3v) is 5.15. The van der Waals surface area contributed by atoms with Gasteiger partial charge in [-0.2, -0.15) is 4.39 Å². The molecule has 3 aromatic rings. The summed E-state index contributed by atoms with van der Waals surface area (Å²) in [6.45, 7) is 9.15. The van der Waals surface area contributed by atoms with E-state index in [2.05, 4.69) is 5.32 Å². The molecule has 0 spiro atoms. The zero-order valence-electron chi connectivity index (χ0n) is 17.4. The lowest BCUT2D eigenvalue weighted by Gasteiger charge is -2.22. The first-order chi connectivity index (χ1) is 14.0. The van der Waals surface area contributed by atoms with Crippen molar-refractivity contribution in [2.45, 2.75) is 46.3 Å². The summed E-state index contributed by atoms with van der Waals surface area (Å²) in [7, 11) is 0. The largest absolute Gasteiger partial charge is 0.456 e. The Bertz CT molecular complexity index is 1180. The molecule has 5 nitrogen and oxygen atoms in total. The predicted octanol–water partition coefficient (Wildman–Crippen LogP) is 5.97. The first-order valence-corrected chi connectivity index (χ1v) is 10.6. The summed E-state index contributed by atoms with van der Waals surface area (Å²) in [5, 5.41) is 3.50. The number of nitrogens with one attached hydrogen (secondary N) is 1. The van der Waals surface area contributed by atoms with E-state index in [0.29, 0.717) is 22.4 Å². The fourth-order valence-corrected chi connectivity index (χ4v) is 3.64. The Labute approximate surface area is 187 Å². The third kappa shape index (κ3) is 4.66. The summed E-state index contributed by atoms with van der Waals surface area (Å²) in [5.41, 5.74) is 1.51. The number of esters is 1. The first kappa shape index (κ1) is 22.3. The molecule has 1 unspecified atom stereocenters. The van der Waals surface area contributed by atoms with Crippen molar-refractivity contribution in [3.05, 3.63) is 72.9 Å². The number of halogens is 2. The van der Waals surface area contributed by atoms with Crippen molar-refractivity contribution >= 4 is 45.2 Å². The van der Waals surface area contributed by atoms with Gasteiger partial charge in [0.25, 0.3) is 0 Å². The van der Waals surface area contributed by atoms with E-state index in [1.807, 2.05) is 46.8 Å². The number of anilines is 1. The Balaban J connectivity index is 2.04. The maximum atomic E-state index is 14.1. The highest BCUT2D eigenvalue weighted by molar-refractivity contribution is 14.1. The standard InChI is InChI=1S/C23H23FINO4/c1-12-10-15(20-16(11-12)19(27)18(24)21(25)29-20)13(2)26-17-9-7-6-8-14(17)22(28)30-23(3,4)5/h6-11,13,26H,1-5H3. The zero-order valence-corrected chi connectivity index (χ0v) is 19.6. The lowest BCUT2D eigenvalue weighted by molar-refractivity contribution is 0.00706. The van der Waals surface area contributed by atoms with E-state index in [0.717, 1.165) is 5.56 Å². The van der Waals surface area contributed by atoms with Crippen molar-refractivity contribution in [2.24, 2.45) is 0 Å². The van der Waals surface area contributed by atoms with Crippen LogP contribution in [-0.2, 0) is 4.74 Å². The molecule has 3 rings (SSSR count). The molecular weight excluding hydrogens is 500 g/mol. The molecule has 158 valence electrons. The van der Waals surface area contributed by atoms with Crippen LogP contribution in [0.25, 0.3) is 11.0 Å². The maximum absolute atomic E-state index is 14.1. The fraction of sp³-hybridized carbons (Fsp3) is 0.304. The van der Waals surface area contributed by atoms with E-state index >= 15 is 0 Å². The van der Waals surface area contributed by atoms with Gasteiger partial charge in [-0.15, -0.1) is 0 Å². The smallest absolute Gasteiger partial charge is 0.340 e. The first-order valence-electron chi connectivity index (χ1n) is 9.49. The Hall–Kier alpha value is -2.42. The number of benzene rings is 2. The van der Waals surface area contributed by atoms with Gasteiger partial charge in [0.15, 0.2) is 0 Å². The second-order valence-electron chi connectivity index (χ2n) is 8.16. The second kappa shape index (κ2) is 8.37. The highest BCUT2D eigenvalue weighted by Gasteiger charge is 2.23. The van der Waals surface area contributed by atoms with E-state index in [-0.39, 0.29) is 15.2 Å². The number of hydrogen-bond acceptors (Lipinski definition) is 5. The molecule has 30 heavy (non-hydrogen) atoms. The number of aryl methyl sites for hydroxylation is 1. The van der Waals surface area contributed by atoms with Crippen LogP contribution in [0.3, 0.4) is 0 Å². The molecule has 1 heterocycles. The van der Waals surface area contributed by atoms with Crippen LogP contribution in [0, 0.1) is 16.5 Å². The summed E-state index contributed by atoms with van der Waals surface area (Å²) in [6.07, 6.45) is 0. The predicted molar refractivity (Wildman–Crippen MR) is 124 cm³/mol. The van der Waals surface area contributed by atoms with Gasteiger partial charge in [-0.25, -0.2) is 4.79 Å². The SMILES string of the molecule is Cc1cc(C(C)Nc2ccccc2C(=O)OC(C)(C)C)c2oc(I)c(F)c(=O)c2c1. The second-order valence-corrected chi connectivity index (χ2v) is 9.14. The van der Waals surface area contributed by atoms with Crippen LogP contribution >= 0.6 is 22.6 Å². The molecule has 0 fully saturated rings. The molecule has 0 amide bonds. The molecule has 0 saturated carbocycles. The molecule has 0 aliphatic rings. The summed E-state index contributed by atoms with van der Waals surface area (Å²) in [4.78, 5) is 25.0. The van der Waals surface area contributed by atoms with Crippen molar-refractivity contribution in [2.75, 3.05) is 5.32 Å². The van der Waals surface area contributed by atoms with Gasteiger partial charge in [-0.1, -0.05) is 18.2 Å². The zero-order chi connectivity index (χ0) is 22.2. The van der Waals surface area contributed by atoms with Gasteiger partial charge in [0, 0.05) is 33.8 Å². The monoisotopic (exact) mass is 523 g/mol. The number of ether oxygens (including phenoxy) is 1. The van der Waals surface area contributed by atoms with Crippen molar-refractivity contribution in [1.29, 1.82) is 0 Å².